The summed E-state index contributed by atoms with van der Waals surface area (Å²) in [6, 6.07) is 8.45. The highest BCUT2D eigenvalue weighted by Crippen LogP contribution is 2.22. The van der Waals surface area contributed by atoms with Crippen LogP contribution in [0.2, 0.25) is 0 Å². The highest BCUT2D eigenvalue weighted by atomic mass is 16.5. The smallest absolute Gasteiger partial charge is 0.224 e. The molecule has 0 unspecified atom stereocenters. The van der Waals surface area contributed by atoms with E-state index in [0.29, 0.717) is 12.6 Å². The number of hydrogen-bond donors (Lipinski definition) is 1. The number of hydrogen-bond acceptors (Lipinski definition) is 3. The van der Waals surface area contributed by atoms with Crippen molar-refractivity contribution in [2.24, 2.45) is 5.92 Å². The van der Waals surface area contributed by atoms with Gasteiger partial charge in [-0.3, -0.25) is 4.79 Å². The highest BCUT2D eigenvalue weighted by molar-refractivity contribution is 5.79. The molecule has 1 N–H and O–H groups in total. The molecule has 1 heterocycles. The Morgan fingerprint density at radius 3 is 2.59 bits per heavy atom. The van der Waals surface area contributed by atoms with Gasteiger partial charge in [0.25, 0.3) is 0 Å². The van der Waals surface area contributed by atoms with Crippen LogP contribution in [0.15, 0.2) is 24.3 Å². The predicted octanol–water partition coefficient (Wildman–Crippen LogP) is 2.47. The van der Waals surface area contributed by atoms with Gasteiger partial charge in [-0.05, 0) is 64.9 Å². The van der Waals surface area contributed by atoms with Crippen LogP contribution in [0.25, 0.3) is 0 Å². The van der Waals surface area contributed by atoms with E-state index in [2.05, 4.69) is 36.3 Å². The summed E-state index contributed by atoms with van der Waals surface area (Å²) in [6.07, 6.45) is 2.01. The van der Waals surface area contributed by atoms with Crippen LogP contribution in [0.4, 0.5) is 0 Å². The van der Waals surface area contributed by atoms with Crippen LogP contribution in [0, 0.1) is 5.92 Å². The van der Waals surface area contributed by atoms with E-state index < -0.39 is 0 Å². The molecule has 1 aliphatic rings. The van der Waals surface area contributed by atoms with Gasteiger partial charge in [-0.1, -0.05) is 12.1 Å². The largest absolute Gasteiger partial charge is 0.491 e. The topological polar surface area (TPSA) is 41.6 Å². The van der Waals surface area contributed by atoms with E-state index in [1.54, 1.807) is 0 Å². The Morgan fingerprint density at radius 2 is 2.05 bits per heavy atom. The number of benzene rings is 1. The number of ether oxygens (including phenoxy) is 1. The van der Waals surface area contributed by atoms with Crippen LogP contribution >= 0.6 is 0 Å². The fourth-order valence-electron chi connectivity index (χ4n) is 2.91. The molecular weight excluding hydrogens is 276 g/mol. The molecule has 122 valence electrons. The van der Waals surface area contributed by atoms with Gasteiger partial charge in [0.2, 0.25) is 5.91 Å². The Morgan fingerprint density at radius 1 is 1.36 bits per heavy atom. The third kappa shape index (κ3) is 4.47. The zero-order valence-electron chi connectivity index (χ0n) is 14.1. The summed E-state index contributed by atoms with van der Waals surface area (Å²) >= 11 is 0. The number of likely N-dealkylation sites (tertiary alicyclic amines) is 1. The molecule has 4 heteroatoms. The average molecular weight is 304 g/mol. The number of carbonyl (C=O) groups is 1. The van der Waals surface area contributed by atoms with Crippen LogP contribution in [-0.4, -0.2) is 43.1 Å². The van der Waals surface area contributed by atoms with Gasteiger partial charge in [0.1, 0.15) is 5.75 Å². The lowest BCUT2D eigenvalue weighted by molar-refractivity contribution is -0.125. The predicted molar refractivity (Wildman–Crippen MR) is 89.1 cm³/mol. The van der Waals surface area contributed by atoms with Crippen molar-refractivity contribution in [2.45, 2.75) is 45.8 Å². The average Bonchev–Trinajstić information content (AvgIpc) is 2.80. The van der Waals surface area contributed by atoms with Crippen molar-refractivity contribution in [3.8, 4) is 5.75 Å². The molecule has 0 bridgehead atoms. The SMILES string of the molecule is CC(C)Oc1ccc(CCNC(=O)[C@@H]2CCN(C)[C@@H]2C)cc1. The summed E-state index contributed by atoms with van der Waals surface area (Å²) in [5, 5.41) is 3.07. The van der Waals surface area contributed by atoms with E-state index in [0.717, 1.165) is 25.1 Å². The van der Waals surface area contributed by atoms with E-state index in [1.807, 2.05) is 26.0 Å². The first kappa shape index (κ1) is 16.8. The second-order valence-electron chi connectivity index (χ2n) is 6.47. The van der Waals surface area contributed by atoms with Crippen LogP contribution < -0.4 is 10.1 Å². The van der Waals surface area contributed by atoms with Crippen molar-refractivity contribution in [3.05, 3.63) is 29.8 Å². The molecule has 1 aromatic carbocycles. The maximum atomic E-state index is 12.2. The highest BCUT2D eigenvalue weighted by Gasteiger charge is 2.33. The number of carbonyl (C=O) groups excluding carboxylic acids is 1. The van der Waals surface area contributed by atoms with Crippen molar-refractivity contribution in [3.63, 3.8) is 0 Å². The van der Waals surface area contributed by atoms with Gasteiger partial charge in [0.05, 0.1) is 12.0 Å². The Bertz CT molecular complexity index is 484. The Balaban J connectivity index is 1.75. The molecule has 4 nitrogen and oxygen atoms in total. The van der Waals surface area contributed by atoms with Crippen LogP contribution in [0.1, 0.15) is 32.8 Å². The van der Waals surface area contributed by atoms with Gasteiger partial charge >= 0.3 is 0 Å². The lowest BCUT2D eigenvalue weighted by atomic mass is 10.0. The maximum absolute atomic E-state index is 12.2. The number of nitrogens with one attached hydrogen (secondary N) is 1. The van der Waals surface area contributed by atoms with Crippen molar-refractivity contribution >= 4 is 5.91 Å². The first-order valence-electron chi connectivity index (χ1n) is 8.21. The molecule has 1 aliphatic heterocycles. The molecule has 1 amide bonds. The zero-order chi connectivity index (χ0) is 16.1. The molecule has 1 fully saturated rings. The molecule has 1 aromatic rings. The van der Waals surface area contributed by atoms with Crippen molar-refractivity contribution in [1.82, 2.24) is 10.2 Å². The second-order valence-corrected chi connectivity index (χ2v) is 6.47. The minimum Gasteiger partial charge on any atom is -0.491 e. The van der Waals surface area contributed by atoms with Gasteiger partial charge in [-0.2, -0.15) is 0 Å². The first-order chi connectivity index (χ1) is 10.5. The number of nitrogens with zero attached hydrogens (tertiary/aromatic N) is 1. The second kappa shape index (κ2) is 7.63. The van der Waals surface area contributed by atoms with Crippen LogP contribution in [0.5, 0.6) is 5.75 Å². The zero-order valence-corrected chi connectivity index (χ0v) is 14.1. The maximum Gasteiger partial charge on any atom is 0.224 e. The molecule has 0 radical (unpaired) electrons. The number of rotatable bonds is 6. The van der Waals surface area contributed by atoms with E-state index >= 15 is 0 Å². The molecule has 0 aromatic heterocycles. The Kier molecular flexibility index (Phi) is 5.83. The Labute approximate surface area is 133 Å². The summed E-state index contributed by atoms with van der Waals surface area (Å²) in [5.41, 5.74) is 1.22. The van der Waals surface area contributed by atoms with Crippen molar-refractivity contribution in [2.75, 3.05) is 20.1 Å². The van der Waals surface area contributed by atoms with Gasteiger partial charge in [-0.15, -0.1) is 0 Å². The molecule has 2 atom stereocenters. The molecular formula is C18H28N2O2. The lowest BCUT2D eigenvalue weighted by Crippen LogP contribution is -2.38. The third-order valence-corrected chi connectivity index (χ3v) is 4.42. The molecule has 2 rings (SSSR count). The minimum absolute atomic E-state index is 0.131. The minimum atomic E-state index is 0.131. The van der Waals surface area contributed by atoms with Gasteiger partial charge in [0, 0.05) is 12.6 Å². The van der Waals surface area contributed by atoms with E-state index in [4.69, 9.17) is 4.74 Å². The Hall–Kier alpha value is -1.55. The van der Waals surface area contributed by atoms with Gasteiger partial charge < -0.3 is 15.0 Å². The van der Waals surface area contributed by atoms with E-state index in [9.17, 15) is 4.79 Å². The molecule has 0 aliphatic carbocycles. The third-order valence-electron chi connectivity index (χ3n) is 4.42. The lowest BCUT2D eigenvalue weighted by Gasteiger charge is -2.19. The summed E-state index contributed by atoms with van der Waals surface area (Å²) in [6.45, 7) is 7.87. The van der Waals surface area contributed by atoms with Gasteiger partial charge in [-0.25, -0.2) is 0 Å². The molecule has 0 spiro atoms. The summed E-state index contributed by atoms with van der Waals surface area (Å²) in [7, 11) is 2.08. The number of amides is 1. The quantitative estimate of drug-likeness (QED) is 0.878. The molecule has 22 heavy (non-hydrogen) atoms. The molecule has 1 saturated heterocycles. The van der Waals surface area contributed by atoms with E-state index in [1.165, 1.54) is 5.56 Å². The monoisotopic (exact) mass is 304 g/mol. The molecule has 0 saturated carbocycles. The first-order valence-corrected chi connectivity index (χ1v) is 8.21. The fourth-order valence-corrected chi connectivity index (χ4v) is 2.91. The normalized spacial score (nSPS) is 22.0. The van der Waals surface area contributed by atoms with Crippen molar-refractivity contribution in [1.29, 1.82) is 0 Å². The summed E-state index contributed by atoms with van der Waals surface area (Å²) in [4.78, 5) is 14.5. The van der Waals surface area contributed by atoms with Crippen molar-refractivity contribution < 1.29 is 9.53 Å². The standard InChI is InChI=1S/C18H28N2O2/c1-13(2)22-16-7-5-15(6-8-16)9-11-19-18(21)17-10-12-20(4)14(17)3/h5-8,13-14,17H,9-12H2,1-4H3,(H,19,21)/t14-,17-/m1/s1. The van der Waals surface area contributed by atoms with Crippen LogP contribution in [-0.2, 0) is 11.2 Å². The van der Waals surface area contributed by atoms with E-state index in [-0.39, 0.29) is 17.9 Å². The summed E-state index contributed by atoms with van der Waals surface area (Å²) in [5.74, 6) is 1.22. The van der Waals surface area contributed by atoms with Gasteiger partial charge in [0.15, 0.2) is 0 Å². The fraction of sp³-hybridized carbons (Fsp3) is 0.611. The van der Waals surface area contributed by atoms with Crippen LogP contribution in [0.3, 0.4) is 0 Å². The summed E-state index contributed by atoms with van der Waals surface area (Å²) < 4.78 is 5.63.